The zero-order valence-corrected chi connectivity index (χ0v) is 17.4. The maximum atomic E-state index is 12.3. The van der Waals surface area contributed by atoms with Crippen LogP contribution in [0.15, 0.2) is 47.8 Å². The Hall–Kier alpha value is -3.19. The highest BCUT2D eigenvalue weighted by atomic mass is 32.1. The Bertz CT molecular complexity index is 992. The van der Waals surface area contributed by atoms with Gasteiger partial charge in [0.15, 0.2) is 5.13 Å². The van der Waals surface area contributed by atoms with Crippen molar-refractivity contribution in [3.63, 3.8) is 0 Å². The van der Waals surface area contributed by atoms with Crippen LogP contribution in [0.25, 0.3) is 11.3 Å². The summed E-state index contributed by atoms with van der Waals surface area (Å²) in [6.45, 7) is 6.30. The molecule has 1 aromatic heterocycles. The van der Waals surface area contributed by atoms with Gasteiger partial charge in [0.25, 0.3) is 5.91 Å². The number of amides is 2. The third-order valence-corrected chi connectivity index (χ3v) is 4.86. The third kappa shape index (κ3) is 5.65. The van der Waals surface area contributed by atoms with Gasteiger partial charge in [-0.25, -0.2) is 4.98 Å². The Kier molecular flexibility index (Phi) is 6.61. The molecule has 0 atom stereocenters. The first-order valence-electron chi connectivity index (χ1n) is 9.29. The van der Waals surface area contributed by atoms with Gasteiger partial charge in [-0.15, -0.1) is 11.3 Å². The van der Waals surface area contributed by atoms with Crippen LogP contribution in [-0.4, -0.2) is 29.9 Å². The van der Waals surface area contributed by atoms with Crippen molar-refractivity contribution in [3.8, 4) is 17.0 Å². The molecule has 0 bridgehead atoms. The van der Waals surface area contributed by atoms with E-state index in [1.165, 1.54) is 11.3 Å². The molecule has 29 heavy (non-hydrogen) atoms. The average Bonchev–Trinajstić information content (AvgIpc) is 3.14. The highest BCUT2D eigenvalue weighted by molar-refractivity contribution is 7.14. The van der Waals surface area contributed by atoms with Crippen molar-refractivity contribution in [2.45, 2.75) is 20.8 Å². The summed E-state index contributed by atoms with van der Waals surface area (Å²) in [6.07, 6.45) is 0. The first-order valence-corrected chi connectivity index (χ1v) is 10.2. The molecule has 0 radical (unpaired) electrons. The number of hydrogen-bond donors (Lipinski definition) is 2. The fourth-order valence-corrected chi connectivity index (χ4v) is 3.62. The summed E-state index contributed by atoms with van der Waals surface area (Å²) in [7, 11) is 0. The Balaban J connectivity index is 1.55. The molecule has 0 saturated heterocycles. The molecule has 1 heterocycles. The predicted molar refractivity (Wildman–Crippen MR) is 116 cm³/mol. The van der Waals surface area contributed by atoms with Gasteiger partial charge in [0.05, 0.1) is 18.8 Å². The second-order valence-electron chi connectivity index (χ2n) is 6.60. The number of aryl methyl sites for hydroxylation is 2. The Morgan fingerprint density at radius 2 is 1.76 bits per heavy atom. The first-order chi connectivity index (χ1) is 13.9. The van der Waals surface area contributed by atoms with E-state index < -0.39 is 0 Å². The van der Waals surface area contributed by atoms with Gasteiger partial charge in [0.2, 0.25) is 5.91 Å². The van der Waals surface area contributed by atoms with Crippen LogP contribution in [0.3, 0.4) is 0 Å². The lowest BCUT2D eigenvalue weighted by molar-refractivity contribution is -0.115. The van der Waals surface area contributed by atoms with Gasteiger partial charge in [-0.05, 0) is 57.2 Å². The van der Waals surface area contributed by atoms with E-state index in [0.717, 1.165) is 28.1 Å². The zero-order chi connectivity index (χ0) is 20.8. The van der Waals surface area contributed by atoms with Gasteiger partial charge in [0, 0.05) is 16.5 Å². The number of aromatic nitrogens is 1. The van der Waals surface area contributed by atoms with Crippen LogP contribution in [0.2, 0.25) is 0 Å². The lowest BCUT2D eigenvalue weighted by Gasteiger charge is -2.07. The molecule has 3 aromatic rings. The molecule has 0 fully saturated rings. The molecular weight excluding hydrogens is 386 g/mol. The van der Waals surface area contributed by atoms with Gasteiger partial charge in [-0.2, -0.15) is 0 Å². The molecule has 0 spiro atoms. The number of nitrogens with one attached hydrogen (secondary N) is 2. The molecule has 0 saturated carbocycles. The van der Waals surface area contributed by atoms with Crippen LogP contribution < -0.4 is 15.4 Å². The number of carbonyl (C=O) groups excluding carboxylic acids is 2. The first kappa shape index (κ1) is 20.5. The van der Waals surface area contributed by atoms with E-state index in [1.807, 2.05) is 56.5 Å². The van der Waals surface area contributed by atoms with Crippen LogP contribution >= 0.6 is 11.3 Å². The molecule has 0 aliphatic heterocycles. The minimum Gasteiger partial charge on any atom is -0.494 e. The highest BCUT2D eigenvalue weighted by Crippen LogP contribution is 2.26. The number of carbonyl (C=O) groups is 2. The average molecular weight is 410 g/mol. The number of benzene rings is 2. The summed E-state index contributed by atoms with van der Waals surface area (Å²) in [4.78, 5) is 28.9. The smallest absolute Gasteiger partial charge is 0.251 e. The summed E-state index contributed by atoms with van der Waals surface area (Å²) in [5, 5.41) is 7.72. The van der Waals surface area contributed by atoms with Gasteiger partial charge in [-0.1, -0.05) is 17.2 Å². The lowest BCUT2D eigenvalue weighted by Crippen LogP contribution is -2.32. The van der Waals surface area contributed by atoms with E-state index in [0.29, 0.717) is 17.3 Å². The van der Waals surface area contributed by atoms with Crippen molar-refractivity contribution in [1.29, 1.82) is 0 Å². The fraction of sp³-hybridized carbons (Fsp3) is 0.227. The van der Waals surface area contributed by atoms with E-state index in [-0.39, 0.29) is 18.4 Å². The zero-order valence-electron chi connectivity index (χ0n) is 16.6. The van der Waals surface area contributed by atoms with E-state index in [2.05, 4.69) is 15.6 Å². The van der Waals surface area contributed by atoms with Crippen molar-refractivity contribution >= 4 is 28.3 Å². The van der Waals surface area contributed by atoms with Crippen molar-refractivity contribution in [2.24, 2.45) is 0 Å². The van der Waals surface area contributed by atoms with Crippen LogP contribution in [-0.2, 0) is 4.79 Å². The van der Waals surface area contributed by atoms with Crippen LogP contribution in [0.5, 0.6) is 5.75 Å². The quantitative estimate of drug-likeness (QED) is 0.613. The lowest BCUT2D eigenvalue weighted by atomic mass is 10.1. The third-order valence-electron chi connectivity index (χ3n) is 4.11. The Morgan fingerprint density at radius 1 is 1.07 bits per heavy atom. The van der Waals surface area contributed by atoms with Gasteiger partial charge in [-0.3, -0.25) is 9.59 Å². The van der Waals surface area contributed by atoms with E-state index in [9.17, 15) is 9.59 Å². The summed E-state index contributed by atoms with van der Waals surface area (Å²) < 4.78 is 5.44. The largest absolute Gasteiger partial charge is 0.494 e. The summed E-state index contributed by atoms with van der Waals surface area (Å²) >= 11 is 1.33. The Morgan fingerprint density at radius 3 is 2.41 bits per heavy atom. The maximum Gasteiger partial charge on any atom is 0.251 e. The standard InChI is InChI=1S/C22H23N3O3S/c1-4-28-18-7-5-16(6-8-18)19-13-29-22(24-19)25-20(26)12-23-21(27)17-10-14(2)9-15(3)11-17/h5-11,13H,4,12H2,1-3H3,(H,23,27)(H,24,25,26). The van der Waals surface area contributed by atoms with Crippen molar-refractivity contribution in [3.05, 3.63) is 64.5 Å². The predicted octanol–water partition coefficient (Wildman–Crippen LogP) is 4.19. The number of rotatable bonds is 7. The molecule has 0 aliphatic rings. The molecule has 2 aromatic carbocycles. The van der Waals surface area contributed by atoms with Crippen molar-refractivity contribution in [2.75, 3.05) is 18.5 Å². The molecule has 3 rings (SSSR count). The van der Waals surface area contributed by atoms with E-state index in [4.69, 9.17) is 4.74 Å². The summed E-state index contributed by atoms with van der Waals surface area (Å²) in [6, 6.07) is 13.2. The minimum atomic E-state index is -0.324. The summed E-state index contributed by atoms with van der Waals surface area (Å²) in [5.41, 5.74) is 4.26. The molecule has 2 amide bonds. The number of anilines is 1. The molecule has 150 valence electrons. The molecule has 7 heteroatoms. The highest BCUT2D eigenvalue weighted by Gasteiger charge is 2.11. The number of thiazole rings is 1. The van der Waals surface area contributed by atoms with E-state index in [1.54, 1.807) is 12.1 Å². The SMILES string of the molecule is CCOc1ccc(-c2csc(NC(=O)CNC(=O)c3cc(C)cc(C)c3)n2)cc1. The topological polar surface area (TPSA) is 80.3 Å². The van der Waals surface area contributed by atoms with Gasteiger partial charge in [0.1, 0.15) is 5.75 Å². The normalized spacial score (nSPS) is 10.4. The van der Waals surface area contributed by atoms with Crippen molar-refractivity contribution in [1.82, 2.24) is 10.3 Å². The second-order valence-corrected chi connectivity index (χ2v) is 7.46. The van der Waals surface area contributed by atoms with Crippen molar-refractivity contribution < 1.29 is 14.3 Å². The minimum absolute atomic E-state index is 0.121. The molecule has 0 unspecified atom stereocenters. The molecular formula is C22H23N3O3S. The van der Waals surface area contributed by atoms with Gasteiger partial charge < -0.3 is 15.4 Å². The van der Waals surface area contributed by atoms with E-state index >= 15 is 0 Å². The van der Waals surface area contributed by atoms with Gasteiger partial charge >= 0.3 is 0 Å². The second kappa shape index (κ2) is 9.34. The summed E-state index contributed by atoms with van der Waals surface area (Å²) in [5.74, 6) is 0.205. The van der Waals surface area contributed by atoms with Crippen LogP contribution in [0.4, 0.5) is 5.13 Å². The number of ether oxygens (including phenoxy) is 1. The van der Waals surface area contributed by atoms with Crippen LogP contribution in [0.1, 0.15) is 28.4 Å². The molecule has 0 aliphatic carbocycles. The number of nitrogens with zero attached hydrogens (tertiary/aromatic N) is 1. The van der Waals surface area contributed by atoms with Crippen LogP contribution in [0, 0.1) is 13.8 Å². The fourth-order valence-electron chi connectivity index (χ4n) is 2.88. The molecule has 6 nitrogen and oxygen atoms in total. The monoisotopic (exact) mass is 409 g/mol. The Labute approximate surface area is 173 Å². The molecule has 2 N–H and O–H groups in total. The maximum absolute atomic E-state index is 12.3. The number of hydrogen-bond acceptors (Lipinski definition) is 5.